The second-order valence-corrected chi connectivity index (χ2v) is 12.3. The Bertz CT molecular complexity index is 1720. The van der Waals surface area contributed by atoms with Gasteiger partial charge in [-0.05, 0) is 86.2 Å². The van der Waals surface area contributed by atoms with Crippen LogP contribution in [0.4, 0.5) is 0 Å². The molecule has 6 rings (SSSR count). The molecular weight excluding hydrogens is 532 g/mol. The molecule has 6 heteroatoms. The van der Waals surface area contributed by atoms with Crippen molar-refractivity contribution < 1.29 is 14.6 Å². The van der Waals surface area contributed by atoms with Crippen molar-refractivity contribution in [3.63, 3.8) is 0 Å². The van der Waals surface area contributed by atoms with Crippen LogP contribution >= 0.6 is 11.6 Å². The van der Waals surface area contributed by atoms with Gasteiger partial charge in [-0.3, -0.25) is 4.79 Å². The number of carboxylic acid groups (broad SMARTS) is 1. The number of halogens is 1. The zero-order chi connectivity index (χ0) is 28.6. The summed E-state index contributed by atoms with van der Waals surface area (Å²) in [5.41, 5.74) is 5.57. The Morgan fingerprint density at radius 3 is 2.54 bits per heavy atom. The van der Waals surface area contributed by atoms with Crippen LogP contribution in [0.3, 0.4) is 0 Å². The first-order chi connectivity index (χ1) is 19.8. The fourth-order valence-corrected chi connectivity index (χ4v) is 6.28. The van der Waals surface area contributed by atoms with E-state index in [0.717, 1.165) is 57.3 Å². The molecule has 3 aromatic carbocycles. The Morgan fingerprint density at radius 1 is 1.02 bits per heavy atom. The standard InChI is InChI=1S/C35H35ClN2O3/c1-35(2,34(39)40)20-32-33(25-8-3-4-9-25)29-19-28(41-22-27-16-13-24-7-5-6-10-30(24)37-27)17-18-31(29)38(32)21-23-11-14-26(36)15-12-23/h5-7,10-19,25H,3-4,8-9,20-22H2,1-2H3,(H,39,40). The number of hydrogen-bond acceptors (Lipinski definition) is 3. The van der Waals surface area contributed by atoms with Crippen molar-refractivity contribution in [2.45, 2.75) is 65.0 Å². The van der Waals surface area contributed by atoms with Crippen molar-refractivity contribution in [3.05, 3.63) is 106 Å². The first-order valence-corrected chi connectivity index (χ1v) is 14.8. The SMILES string of the molecule is CC(C)(Cc1c(C2CCCC2)c2cc(OCc3ccc4ccccc4n3)ccc2n1Cc1ccc(Cl)cc1)C(=O)O. The van der Waals surface area contributed by atoms with E-state index in [0.29, 0.717) is 30.5 Å². The number of para-hydroxylation sites is 1. The van der Waals surface area contributed by atoms with Gasteiger partial charge in [-0.1, -0.05) is 60.8 Å². The minimum absolute atomic E-state index is 0.374. The van der Waals surface area contributed by atoms with Gasteiger partial charge in [0.25, 0.3) is 0 Å². The van der Waals surface area contributed by atoms with E-state index in [1.807, 2.05) is 68.4 Å². The Morgan fingerprint density at radius 2 is 1.78 bits per heavy atom. The molecule has 1 aliphatic carbocycles. The minimum atomic E-state index is -0.902. The molecule has 1 N–H and O–H groups in total. The molecule has 0 spiro atoms. The van der Waals surface area contributed by atoms with Gasteiger partial charge >= 0.3 is 5.97 Å². The van der Waals surface area contributed by atoms with E-state index in [4.69, 9.17) is 21.3 Å². The Hall–Kier alpha value is -3.83. The van der Waals surface area contributed by atoms with Gasteiger partial charge in [-0.2, -0.15) is 0 Å². The van der Waals surface area contributed by atoms with Gasteiger partial charge in [0, 0.05) is 40.0 Å². The smallest absolute Gasteiger partial charge is 0.309 e. The predicted octanol–water partition coefficient (Wildman–Crippen LogP) is 8.78. The number of fused-ring (bicyclic) bond motifs is 2. The van der Waals surface area contributed by atoms with Crippen LogP contribution in [0.5, 0.6) is 5.75 Å². The molecule has 0 bridgehead atoms. The van der Waals surface area contributed by atoms with E-state index in [9.17, 15) is 9.90 Å². The molecular formula is C35H35ClN2O3. The summed E-state index contributed by atoms with van der Waals surface area (Å²) in [5, 5.41) is 13.1. The van der Waals surface area contributed by atoms with E-state index < -0.39 is 11.4 Å². The van der Waals surface area contributed by atoms with E-state index in [2.05, 4.69) is 28.8 Å². The van der Waals surface area contributed by atoms with Gasteiger partial charge in [0.15, 0.2) is 0 Å². The number of aromatic nitrogens is 2. The zero-order valence-electron chi connectivity index (χ0n) is 23.6. The predicted molar refractivity (Wildman–Crippen MR) is 165 cm³/mol. The van der Waals surface area contributed by atoms with E-state index in [-0.39, 0.29) is 0 Å². The van der Waals surface area contributed by atoms with Gasteiger partial charge in [0.2, 0.25) is 0 Å². The van der Waals surface area contributed by atoms with Crippen molar-refractivity contribution in [1.82, 2.24) is 9.55 Å². The molecule has 1 aliphatic rings. The van der Waals surface area contributed by atoms with Crippen LogP contribution in [0.2, 0.25) is 5.02 Å². The summed E-state index contributed by atoms with van der Waals surface area (Å²) >= 11 is 6.18. The van der Waals surface area contributed by atoms with Crippen molar-refractivity contribution in [1.29, 1.82) is 0 Å². The van der Waals surface area contributed by atoms with Crippen LogP contribution < -0.4 is 4.74 Å². The summed E-state index contributed by atoms with van der Waals surface area (Å²) in [4.78, 5) is 17.1. The average molecular weight is 567 g/mol. The number of carbonyl (C=O) groups is 1. The lowest BCUT2D eigenvalue weighted by molar-refractivity contribution is -0.146. The van der Waals surface area contributed by atoms with Gasteiger partial charge in [-0.25, -0.2) is 4.98 Å². The molecule has 0 atom stereocenters. The topological polar surface area (TPSA) is 64.4 Å². The zero-order valence-corrected chi connectivity index (χ0v) is 24.3. The van der Waals surface area contributed by atoms with E-state index >= 15 is 0 Å². The van der Waals surface area contributed by atoms with Gasteiger partial charge in [-0.15, -0.1) is 0 Å². The normalized spacial score (nSPS) is 14.2. The summed E-state index contributed by atoms with van der Waals surface area (Å²) in [6.07, 6.45) is 5.08. The average Bonchev–Trinajstić information content (AvgIpc) is 3.59. The molecule has 0 amide bonds. The molecule has 0 unspecified atom stereocenters. The summed E-state index contributed by atoms with van der Waals surface area (Å²) in [7, 11) is 0. The third kappa shape index (κ3) is 5.69. The highest BCUT2D eigenvalue weighted by Crippen LogP contribution is 2.44. The third-order valence-corrected chi connectivity index (χ3v) is 8.69. The molecule has 0 saturated heterocycles. The monoisotopic (exact) mass is 566 g/mol. The lowest BCUT2D eigenvalue weighted by Crippen LogP contribution is -2.28. The molecule has 5 nitrogen and oxygen atoms in total. The molecule has 1 saturated carbocycles. The third-order valence-electron chi connectivity index (χ3n) is 8.43. The van der Waals surface area contributed by atoms with Crippen LogP contribution in [0, 0.1) is 5.41 Å². The van der Waals surface area contributed by atoms with Crippen molar-refractivity contribution in [2.24, 2.45) is 5.41 Å². The lowest BCUT2D eigenvalue weighted by Gasteiger charge is -2.23. The summed E-state index contributed by atoms with van der Waals surface area (Å²) in [6.45, 7) is 4.67. The fraction of sp³-hybridized carbons (Fsp3) is 0.314. The number of pyridine rings is 1. The molecule has 41 heavy (non-hydrogen) atoms. The number of hydrogen-bond donors (Lipinski definition) is 1. The second kappa shape index (κ2) is 11.2. The van der Waals surface area contributed by atoms with Gasteiger partial charge in [0.05, 0.1) is 16.6 Å². The fourth-order valence-electron chi connectivity index (χ4n) is 6.16. The van der Waals surface area contributed by atoms with Crippen molar-refractivity contribution in [3.8, 4) is 5.75 Å². The lowest BCUT2D eigenvalue weighted by atomic mass is 9.84. The highest BCUT2D eigenvalue weighted by atomic mass is 35.5. The number of benzene rings is 3. The molecule has 0 aliphatic heterocycles. The molecule has 0 radical (unpaired) electrons. The maximum Gasteiger partial charge on any atom is 0.309 e. The van der Waals surface area contributed by atoms with Crippen molar-refractivity contribution >= 4 is 39.4 Å². The largest absolute Gasteiger partial charge is 0.487 e. The highest BCUT2D eigenvalue weighted by molar-refractivity contribution is 6.30. The van der Waals surface area contributed by atoms with Crippen LogP contribution in [0.25, 0.3) is 21.8 Å². The summed E-state index contributed by atoms with van der Waals surface area (Å²) < 4.78 is 8.63. The molecule has 210 valence electrons. The van der Waals surface area contributed by atoms with E-state index in [1.54, 1.807) is 0 Å². The molecule has 2 heterocycles. The van der Waals surface area contributed by atoms with E-state index in [1.165, 1.54) is 18.4 Å². The molecule has 1 fully saturated rings. The number of nitrogens with zero attached hydrogens (tertiary/aromatic N) is 2. The maximum absolute atomic E-state index is 12.3. The van der Waals surface area contributed by atoms with Crippen LogP contribution in [0.1, 0.15) is 68.0 Å². The Labute approximate surface area is 245 Å². The Kier molecular flexibility index (Phi) is 7.48. The first kappa shape index (κ1) is 27.3. The van der Waals surface area contributed by atoms with Crippen LogP contribution in [-0.2, 0) is 24.4 Å². The summed E-state index contributed by atoms with van der Waals surface area (Å²) in [5.74, 6) is 0.408. The first-order valence-electron chi connectivity index (χ1n) is 14.4. The molecule has 5 aromatic rings. The minimum Gasteiger partial charge on any atom is -0.487 e. The van der Waals surface area contributed by atoms with Crippen molar-refractivity contribution in [2.75, 3.05) is 0 Å². The quantitative estimate of drug-likeness (QED) is 0.194. The van der Waals surface area contributed by atoms with Crippen LogP contribution in [0.15, 0.2) is 78.9 Å². The Balaban J connectivity index is 1.42. The second-order valence-electron chi connectivity index (χ2n) is 11.9. The number of aliphatic carboxylic acids is 1. The summed E-state index contributed by atoms with van der Waals surface area (Å²) in [6, 6.07) is 26.4. The molecule has 2 aromatic heterocycles. The number of rotatable bonds is 9. The highest BCUT2D eigenvalue weighted by Gasteiger charge is 2.34. The van der Waals surface area contributed by atoms with Crippen LogP contribution in [-0.4, -0.2) is 20.6 Å². The maximum atomic E-state index is 12.3. The van der Waals surface area contributed by atoms with Gasteiger partial charge < -0.3 is 14.4 Å². The number of carboxylic acids is 1. The van der Waals surface area contributed by atoms with Gasteiger partial charge in [0.1, 0.15) is 12.4 Å². The number of ether oxygens (including phenoxy) is 1.